The summed E-state index contributed by atoms with van der Waals surface area (Å²) in [5.74, 6) is 0.855. The molecule has 0 radical (unpaired) electrons. The van der Waals surface area contributed by atoms with Gasteiger partial charge in [0.15, 0.2) is 0 Å². The fourth-order valence-corrected chi connectivity index (χ4v) is 2.37. The van der Waals surface area contributed by atoms with Crippen molar-refractivity contribution in [2.45, 2.75) is 45.6 Å². The quantitative estimate of drug-likeness (QED) is 0.849. The standard InChI is InChI=1S/C17H24N2O2/c1-6-7-8-15-18-14-10-9-12(17(2,3)21-5)11-13(14)16(20)19(15)4/h9-11H,6-8H2,1-5H3. The van der Waals surface area contributed by atoms with Gasteiger partial charge >= 0.3 is 0 Å². The van der Waals surface area contributed by atoms with Gasteiger partial charge in [0.25, 0.3) is 5.56 Å². The fourth-order valence-electron chi connectivity index (χ4n) is 2.37. The molecule has 2 rings (SSSR count). The summed E-state index contributed by atoms with van der Waals surface area (Å²) in [6.07, 6.45) is 2.97. The maximum atomic E-state index is 12.6. The number of aryl methyl sites for hydroxylation is 1. The second-order valence-electron chi connectivity index (χ2n) is 5.94. The van der Waals surface area contributed by atoms with Gasteiger partial charge in [0, 0.05) is 20.6 Å². The van der Waals surface area contributed by atoms with Crippen molar-refractivity contribution in [3.8, 4) is 0 Å². The van der Waals surface area contributed by atoms with Gasteiger partial charge in [0.2, 0.25) is 0 Å². The van der Waals surface area contributed by atoms with Gasteiger partial charge in [-0.3, -0.25) is 9.36 Å². The summed E-state index contributed by atoms with van der Waals surface area (Å²) >= 11 is 0. The molecule has 114 valence electrons. The molecule has 0 aliphatic rings. The van der Waals surface area contributed by atoms with E-state index in [9.17, 15) is 4.79 Å². The van der Waals surface area contributed by atoms with Crippen LogP contribution in [0.4, 0.5) is 0 Å². The molecule has 0 saturated heterocycles. The van der Waals surface area contributed by atoms with Crippen molar-refractivity contribution < 1.29 is 4.74 Å². The lowest BCUT2D eigenvalue weighted by Crippen LogP contribution is -2.24. The van der Waals surface area contributed by atoms with Gasteiger partial charge in [-0.25, -0.2) is 4.98 Å². The van der Waals surface area contributed by atoms with Crippen LogP contribution in [0.1, 0.15) is 45.0 Å². The second-order valence-corrected chi connectivity index (χ2v) is 5.94. The van der Waals surface area contributed by atoms with Gasteiger partial charge in [-0.2, -0.15) is 0 Å². The first kappa shape index (κ1) is 15.7. The molecule has 0 unspecified atom stereocenters. The van der Waals surface area contributed by atoms with Crippen LogP contribution in [0.15, 0.2) is 23.0 Å². The van der Waals surface area contributed by atoms with E-state index in [0.29, 0.717) is 5.39 Å². The van der Waals surface area contributed by atoms with E-state index in [-0.39, 0.29) is 5.56 Å². The van der Waals surface area contributed by atoms with E-state index in [1.54, 1.807) is 18.7 Å². The summed E-state index contributed by atoms with van der Waals surface area (Å²) in [5.41, 5.74) is 1.34. The Kier molecular flexibility index (Phi) is 4.47. The number of hydrogen-bond donors (Lipinski definition) is 0. The number of aromatic nitrogens is 2. The molecule has 0 N–H and O–H groups in total. The van der Waals surface area contributed by atoms with E-state index in [4.69, 9.17) is 4.74 Å². The molecule has 4 heteroatoms. The van der Waals surface area contributed by atoms with Crippen LogP contribution in [-0.4, -0.2) is 16.7 Å². The first-order valence-electron chi connectivity index (χ1n) is 7.46. The Bertz CT molecular complexity index is 702. The molecule has 1 heterocycles. The Balaban J connectivity index is 2.59. The highest BCUT2D eigenvalue weighted by Crippen LogP contribution is 2.25. The van der Waals surface area contributed by atoms with Crippen LogP contribution in [0.2, 0.25) is 0 Å². The van der Waals surface area contributed by atoms with Crippen molar-refractivity contribution in [1.82, 2.24) is 9.55 Å². The summed E-state index contributed by atoms with van der Waals surface area (Å²) in [7, 11) is 3.47. The molecule has 4 nitrogen and oxygen atoms in total. The molecule has 0 aliphatic carbocycles. The number of methoxy groups -OCH3 is 1. The molecule has 0 fully saturated rings. The average Bonchev–Trinajstić information content (AvgIpc) is 2.49. The minimum Gasteiger partial charge on any atom is -0.374 e. The normalized spacial score (nSPS) is 12.0. The largest absolute Gasteiger partial charge is 0.374 e. The Hall–Kier alpha value is -1.68. The highest BCUT2D eigenvalue weighted by atomic mass is 16.5. The molecule has 0 bridgehead atoms. The fraction of sp³-hybridized carbons (Fsp3) is 0.529. The van der Waals surface area contributed by atoms with E-state index in [2.05, 4.69) is 11.9 Å². The maximum absolute atomic E-state index is 12.6. The molecule has 0 amide bonds. The van der Waals surface area contributed by atoms with E-state index in [1.165, 1.54) is 0 Å². The SMILES string of the molecule is CCCCc1nc2ccc(C(C)(C)OC)cc2c(=O)n1C. The number of benzene rings is 1. The van der Waals surface area contributed by atoms with Gasteiger partial charge < -0.3 is 4.74 Å². The number of ether oxygens (including phenoxy) is 1. The summed E-state index contributed by atoms with van der Waals surface area (Å²) in [6.45, 7) is 6.11. The van der Waals surface area contributed by atoms with Crippen LogP contribution in [0.25, 0.3) is 10.9 Å². The first-order valence-corrected chi connectivity index (χ1v) is 7.46. The monoisotopic (exact) mass is 288 g/mol. The molecule has 1 aromatic heterocycles. The average molecular weight is 288 g/mol. The van der Waals surface area contributed by atoms with Crippen molar-refractivity contribution in [2.75, 3.05) is 7.11 Å². The number of rotatable bonds is 5. The van der Waals surface area contributed by atoms with Crippen molar-refractivity contribution >= 4 is 10.9 Å². The van der Waals surface area contributed by atoms with Crippen molar-refractivity contribution in [3.63, 3.8) is 0 Å². The van der Waals surface area contributed by atoms with Crippen molar-refractivity contribution in [2.24, 2.45) is 7.05 Å². The minimum absolute atomic E-state index is 0.0138. The molecule has 0 saturated carbocycles. The summed E-state index contributed by atoms with van der Waals surface area (Å²) < 4.78 is 7.16. The van der Waals surface area contributed by atoms with Crippen LogP contribution < -0.4 is 5.56 Å². The zero-order chi connectivity index (χ0) is 15.6. The Morgan fingerprint density at radius 3 is 2.67 bits per heavy atom. The highest BCUT2D eigenvalue weighted by Gasteiger charge is 2.20. The third kappa shape index (κ3) is 3.00. The summed E-state index contributed by atoms with van der Waals surface area (Å²) in [6, 6.07) is 5.81. The zero-order valence-corrected chi connectivity index (χ0v) is 13.6. The number of hydrogen-bond acceptors (Lipinski definition) is 3. The van der Waals surface area contributed by atoms with Crippen LogP contribution in [0, 0.1) is 0 Å². The number of unbranched alkanes of at least 4 members (excludes halogenated alkanes) is 1. The predicted molar refractivity (Wildman–Crippen MR) is 85.6 cm³/mol. The lowest BCUT2D eigenvalue weighted by Gasteiger charge is -2.23. The summed E-state index contributed by atoms with van der Waals surface area (Å²) in [4.78, 5) is 17.2. The number of fused-ring (bicyclic) bond motifs is 1. The van der Waals surface area contributed by atoms with Crippen LogP contribution >= 0.6 is 0 Å². The lowest BCUT2D eigenvalue weighted by atomic mass is 9.96. The van der Waals surface area contributed by atoms with E-state index in [1.807, 2.05) is 32.0 Å². The molecule has 0 atom stereocenters. The summed E-state index contributed by atoms with van der Waals surface area (Å²) in [5, 5.41) is 0.653. The first-order chi connectivity index (χ1) is 9.90. The minimum atomic E-state index is -0.417. The Morgan fingerprint density at radius 1 is 1.33 bits per heavy atom. The highest BCUT2D eigenvalue weighted by molar-refractivity contribution is 5.78. The zero-order valence-electron chi connectivity index (χ0n) is 13.6. The van der Waals surface area contributed by atoms with Crippen molar-refractivity contribution in [3.05, 3.63) is 39.9 Å². The van der Waals surface area contributed by atoms with E-state index in [0.717, 1.165) is 36.2 Å². The van der Waals surface area contributed by atoms with Gasteiger partial charge in [-0.15, -0.1) is 0 Å². The maximum Gasteiger partial charge on any atom is 0.261 e. The van der Waals surface area contributed by atoms with Crippen LogP contribution in [-0.2, 0) is 23.8 Å². The third-order valence-corrected chi connectivity index (χ3v) is 4.13. The smallest absolute Gasteiger partial charge is 0.261 e. The molecule has 1 aromatic carbocycles. The van der Waals surface area contributed by atoms with Gasteiger partial charge in [-0.1, -0.05) is 19.4 Å². The second kappa shape index (κ2) is 5.98. The van der Waals surface area contributed by atoms with E-state index < -0.39 is 5.60 Å². The van der Waals surface area contributed by atoms with Gasteiger partial charge in [0.05, 0.1) is 16.5 Å². The Morgan fingerprint density at radius 2 is 2.05 bits per heavy atom. The van der Waals surface area contributed by atoms with Gasteiger partial charge in [0.1, 0.15) is 5.82 Å². The van der Waals surface area contributed by atoms with Crippen LogP contribution in [0.5, 0.6) is 0 Å². The Labute approximate surface area is 125 Å². The van der Waals surface area contributed by atoms with E-state index >= 15 is 0 Å². The molecule has 2 aromatic rings. The third-order valence-electron chi connectivity index (χ3n) is 4.13. The van der Waals surface area contributed by atoms with Gasteiger partial charge in [-0.05, 0) is 38.0 Å². The predicted octanol–water partition coefficient (Wildman–Crippen LogP) is 3.16. The molecule has 0 spiro atoms. The molecular formula is C17H24N2O2. The van der Waals surface area contributed by atoms with Crippen molar-refractivity contribution in [1.29, 1.82) is 0 Å². The molecule has 21 heavy (non-hydrogen) atoms. The van der Waals surface area contributed by atoms with Crippen LogP contribution in [0.3, 0.4) is 0 Å². The molecule has 0 aliphatic heterocycles. The topological polar surface area (TPSA) is 44.1 Å². The lowest BCUT2D eigenvalue weighted by molar-refractivity contribution is 0.0193. The molecular weight excluding hydrogens is 264 g/mol. The number of nitrogens with zero attached hydrogens (tertiary/aromatic N) is 2.